The highest BCUT2D eigenvalue weighted by atomic mass is 15.1. The molecule has 0 aliphatic heterocycles. The van der Waals surface area contributed by atoms with Gasteiger partial charge in [-0.05, 0) is 25.3 Å². The lowest BCUT2D eigenvalue weighted by Crippen LogP contribution is -2.33. The minimum Gasteiger partial charge on any atom is -0.335 e. The normalized spacial score (nSPS) is 13.2. The van der Waals surface area contributed by atoms with Crippen LogP contribution < -0.4 is 5.32 Å². The molecule has 1 atom stereocenters. The first kappa shape index (κ1) is 14.2. The predicted molar refractivity (Wildman–Crippen MR) is 73.1 cm³/mol. The molecule has 17 heavy (non-hydrogen) atoms. The van der Waals surface area contributed by atoms with Crippen LogP contribution in [-0.2, 0) is 13.0 Å². The molecule has 1 N–H and O–H groups in total. The maximum Gasteiger partial charge on any atom is 0.110 e. The largest absolute Gasteiger partial charge is 0.335 e. The van der Waals surface area contributed by atoms with Crippen molar-refractivity contribution in [3.8, 4) is 0 Å². The number of likely N-dealkylation sites (N-methyl/N-ethyl adjacent to an activating group) is 1. The minimum atomic E-state index is 0.554. The molecule has 0 radical (unpaired) electrons. The molecular weight excluding hydrogens is 210 g/mol. The van der Waals surface area contributed by atoms with Gasteiger partial charge in [0.15, 0.2) is 0 Å². The van der Waals surface area contributed by atoms with Gasteiger partial charge < -0.3 is 9.88 Å². The third-order valence-electron chi connectivity index (χ3n) is 2.94. The summed E-state index contributed by atoms with van der Waals surface area (Å²) in [6.07, 6.45) is 7.44. The summed E-state index contributed by atoms with van der Waals surface area (Å²) in [5.74, 6) is 1.95. The van der Waals surface area contributed by atoms with Gasteiger partial charge in [0.1, 0.15) is 5.82 Å². The predicted octanol–water partition coefficient (Wildman–Crippen LogP) is 2.86. The highest BCUT2D eigenvalue weighted by Crippen LogP contribution is 2.10. The Kier molecular flexibility index (Phi) is 6.27. The van der Waals surface area contributed by atoms with Crippen LogP contribution in [0.4, 0.5) is 0 Å². The zero-order valence-corrected chi connectivity index (χ0v) is 11.7. The maximum atomic E-state index is 4.49. The number of hydrogen-bond acceptors (Lipinski definition) is 2. The lowest BCUT2D eigenvalue weighted by atomic mass is 10.0. The Morgan fingerprint density at radius 1 is 1.35 bits per heavy atom. The number of nitrogens with zero attached hydrogens (tertiary/aromatic N) is 2. The van der Waals surface area contributed by atoms with Gasteiger partial charge >= 0.3 is 0 Å². The molecule has 0 saturated heterocycles. The monoisotopic (exact) mass is 237 g/mol. The first-order valence-corrected chi connectivity index (χ1v) is 6.90. The third kappa shape index (κ3) is 4.90. The van der Waals surface area contributed by atoms with E-state index in [4.69, 9.17) is 0 Å². The fourth-order valence-corrected chi connectivity index (χ4v) is 2.29. The molecule has 0 aliphatic rings. The molecule has 1 rings (SSSR count). The van der Waals surface area contributed by atoms with E-state index in [0.29, 0.717) is 6.04 Å². The third-order valence-corrected chi connectivity index (χ3v) is 2.94. The Hall–Kier alpha value is -0.830. The van der Waals surface area contributed by atoms with Gasteiger partial charge in [0.2, 0.25) is 0 Å². The molecular formula is C14H27N3. The van der Waals surface area contributed by atoms with E-state index in [9.17, 15) is 0 Å². The summed E-state index contributed by atoms with van der Waals surface area (Å²) in [5.41, 5.74) is 0. The van der Waals surface area contributed by atoms with Gasteiger partial charge in [-0.2, -0.15) is 0 Å². The lowest BCUT2D eigenvalue weighted by molar-refractivity contribution is 0.412. The molecule has 1 heterocycles. The standard InChI is InChI=1S/C14H27N3/c1-5-8-17-9-7-16-14(17)11-13(15-6-2)10-12(3)4/h7,9,12-13,15H,5-6,8,10-11H2,1-4H3. The number of imidazole rings is 1. The quantitative estimate of drug-likeness (QED) is 0.753. The van der Waals surface area contributed by atoms with Gasteiger partial charge in [0.25, 0.3) is 0 Å². The van der Waals surface area contributed by atoms with Gasteiger partial charge in [0, 0.05) is 31.4 Å². The van der Waals surface area contributed by atoms with Gasteiger partial charge in [-0.3, -0.25) is 0 Å². The second-order valence-electron chi connectivity index (χ2n) is 5.13. The van der Waals surface area contributed by atoms with E-state index in [2.05, 4.69) is 48.8 Å². The van der Waals surface area contributed by atoms with Crippen molar-refractivity contribution in [1.82, 2.24) is 14.9 Å². The van der Waals surface area contributed by atoms with Crippen LogP contribution in [0.15, 0.2) is 12.4 Å². The summed E-state index contributed by atoms with van der Waals surface area (Å²) in [7, 11) is 0. The Labute approximate surface area is 106 Å². The summed E-state index contributed by atoms with van der Waals surface area (Å²) in [5, 5.41) is 3.57. The van der Waals surface area contributed by atoms with E-state index in [-0.39, 0.29) is 0 Å². The zero-order chi connectivity index (χ0) is 12.7. The smallest absolute Gasteiger partial charge is 0.110 e. The van der Waals surface area contributed by atoms with Crippen molar-refractivity contribution in [3.63, 3.8) is 0 Å². The van der Waals surface area contributed by atoms with Crippen molar-refractivity contribution in [2.45, 2.75) is 59.5 Å². The van der Waals surface area contributed by atoms with Crippen LogP contribution in [0.5, 0.6) is 0 Å². The van der Waals surface area contributed by atoms with E-state index in [1.165, 1.54) is 18.7 Å². The van der Waals surface area contributed by atoms with Gasteiger partial charge in [-0.25, -0.2) is 4.98 Å². The molecule has 0 aromatic carbocycles. The summed E-state index contributed by atoms with van der Waals surface area (Å²) in [6.45, 7) is 11.1. The highest BCUT2D eigenvalue weighted by Gasteiger charge is 2.13. The SMILES string of the molecule is CCCn1ccnc1CC(CC(C)C)NCC. The number of rotatable bonds is 8. The zero-order valence-electron chi connectivity index (χ0n) is 11.7. The van der Waals surface area contributed by atoms with Crippen LogP contribution in [0.25, 0.3) is 0 Å². The van der Waals surface area contributed by atoms with E-state index in [1.54, 1.807) is 0 Å². The first-order valence-electron chi connectivity index (χ1n) is 6.90. The fraction of sp³-hybridized carbons (Fsp3) is 0.786. The number of hydrogen-bond donors (Lipinski definition) is 1. The van der Waals surface area contributed by atoms with Crippen molar-refractivity contribution in [2.24, 2.45) is 5.92 Å². The summed E-state index contributed by atoms with van der Waals surface area (Å²) < 4.78 is 2.28. The number of aryl methyl sites for hydroxylation is 1. The van der Waals surface area contributed by atoms with Crippen molar-refractivity contribution >= 4 is 0 Å². The Morgan fingerprint density at radius 3 is 2.71 bits per heavy atom. The minimum absolute atomic E-state index is 0.554. The van der Waals surface area contributed by atoms with Crippen LogP contribution >= 0.6 is 0 Å². The molecule has 1 aromatic rings. The Bertz CT molecular complexity index is 304. The molecule has 0 fully saturated rings. The second-order valence-corrected chi connectivity index (χ2v) is 5.13. The summed E-state index contributed by atoms with van der Waals surface area (Å²) in [6, 6.07) is 0.554. The van der Waals surface area contributed by atoms with E-state index in [1.807, 2.05) is 6.20 Å². The highest BCUT2D eigenvalue weighted by molar-refractivity contribution is 4.95. The topological polar surface area (TPSA) is 29.9 Å². The van der Waals surface area contributed by atoms with E-state index < -0.39 is 0 Å². The Balaban J connectivity index is 2.60. The molecule has 3 heteroatoms. The summed E-state index contributed by atoms with van der Waals surface area (Å²) >= 11 is 0. The fourth-order valence-electron chi connectivity index (χ4n) is 2.29. The molecule has 0 spiro atoms. The molecule has 0 bridgehead atoms. The van der Waals surface area contributed by atoms with Crippen molar-refractivity contribution in [3.05, 3.63) is 18.2 Å². The molecule has 0 saturated carbocycles. The van der Waals surface area contributed by atoms with Crippen LogP contribution in [-0.4, -0.2) is 22.1 Å². The second kappa shape index (κ2) is 7.49. The average Bonchev–Trinajstić information content (AvgIpc) is 2.66. The molecule has 1 unspecified atom stereocenters. The number of aromatic nitrogens is 2. The molecule has 1 aromatic heterocycles. The van der Waals surface area contributed by atoms with Gasteiger partial charge in [-0.1, -0.05) is 27.7 Å². The molecule has 0 aliphatic carbocycles. The van der Waals surface area contributed by atoms with Crippen LogP contribution in [0.1, 0.15) is 46.4 Å². The molecule has 98 valence electrons. The maximum absolute atomic E-state index is 4.49. The average molecular weight is 237 g/mol. The van der Waals surface area contributed by atoms with Crippen molar-refractivity contribution < 1.29 is 0 Å². The van der Waals surface area contributed by atoms with Gasteiger partial charge in [-0.15, -0.1) is 0 Å². The van der Waals surface area contributed by atoms with Crippen molar-refractivity contribution in [2.75, 3.05) is 6.54 Å². The van der Waals surface area contributed by atoms with Crippen molar-refractivity contribution in [1.29, 1.82) is 0 Å². The summed E-state index contributed by atoms with van der Waals surface area (Å²) in [4.78, 5) is 4.49. The van der Waals surface area contributed by atoms with Gasteiger partial charge in [0.05, 0.1) is 0 Å². The van der Waals surface area contributed by atoms with E-state index in [0.717, 1.165) is 25.4 Å². The Morgan fingerprint density at radius 2 is 2.12 bits per heavy atom. The first-order chi connectivity index (χ1) is 8.17. The van der Waals surface area contributed by atoms with E-state index >= 15 is 0 Å². The lowest BCUT2D eigenvalue weighted by Gasteiger charge is -2.20. The van der Waals surface area contributed by atoms with Crippen LogP contribution in [0.2, 0.25) is 0 Å². The number of nitrogens with one attached hydrogen (secondary N) is 1. The van der Waals surface area contributed by atoms with Crippen LogP contribution in [0.3, 0.4) is 0 Å². The molecule has 0 amide bonds. The van der Waals surface area contributed by atoms with Crippen LogP contribution in [0, 0.1) is 5.92 Å². The molecule has 3 nitrogen and oxygen atoms in total.